The number of aromatic nitrogens is 1. The van der Waals surface area contributed by atoms with Crippen molar-refractivity contribution in [3.05, 3.63) is 57.2 Å². The molecule has 0 bridgehead atoms. The predicted molar refractivity (Wildman–Crippen MR) is 98.8 cm³/mol. The van der Waals surface area contributed by atoms with E-state index in [2.05, 4.69) is 11.1 Å². The first-order valence-electron chi connectivity index (χ1n) is 8.06. The van der Waals surface area contributed by atoms with Crippen molar-refractivity contribution in [1.29, 1.82) is 0 Å². The number of nitrogens with zero attached hydrogens (tertiary/aromatic N) is 1. The summed E-state index contributed by atoms with van der Waals surface area (Å²) in [6.45, 7) is 1.99. The molecule has 1 aromatic carbocycles. The number of fused-ring (bicyclic) bond motifs is 2. The van der Waals surface area contributed by atoms with Gasteiger partial charge in [-0.1, -0.05) is 17.7 Å². The molecule has 0 radical (unpaired) electrons. The number of benzene rings is 1. The van der Waals surface area contributed by atoms with E-state index in [9.17, 15) is 4.79 Å². The molecule has 2 aromatic heterocycles. The number of carboxylic acid groups (broad SMARTS) is 1. The van der Waals surface area contributed by atoms with Crippen LogP contribution < -0.4 is 4.74 Å². The second-order valence-corrected chi connectivity index (χ2v) is 7.56. The van der Waals surface area contributed by atoms with Crippen LogP contribution in [0.3, 0.4) is 0 Å². The number of hydrogen-bond acceptors (Lipinski definition) is 4. The molecule has 1 aliphatic rings. The standard InChI is InChI=1S/C19H16ClNO3S/c1-10-2-3-13-15(21-10)4-5-16(13)24-12-7-14(20)19-11(6-18(22)23)9-25-17(19)8-12/h2-3,7-9,16H,4-6H2,1H3,(H,22,23). The molecule has 1 atom stereocenters. The molecular weight excluding hydrogens is 358 g/mol. The van der Waals surface area contributed by atoms with Gasteiger partial charge >= 0.3 is 5.97 Å². The van der Waals surface area contributed by atoms with Crippen LogP contribution in [0.4, 0.5) is 0 Å². The van der Waals surface area contributed by atoms with Crippen LogP contribution in [-0.4, -0.2) is 16.1 Å². The molecule has 0 saturated heterocycles. The monoisotopic (exact) mass is 373 g/mol. The van der Waals surface area contributed by atoms with Crippen molar-refractivity contribution in [3.8, 4) is 5.75 Å². The first-order chi connectivity index (χ1) is 12.0. The maximum atomic E-state index is 11.0. The van der Waals surface area contributed by atoms with Gasteiger partial charge in [0.25, 0.3) is 0 Å². The molecule has 0 fully saturated rings. The number of aliphatic carboxylic acids is 1. The highest BCUT2D eigenvalue weighted by atomic mass is 35.5. The number of thiophene rings is 1. The van der Waals surface area contributed by atoms with Gasteiger partial charge < -0.3 is 9.84 Å². The average Bonchev–Trinajstić information content (AvgIpc) is 3.11. The SMILES string of the molecule is Cc1ccc2c(n1)CCC2Oc1cc(Cl)c2c(CC(=O)O)csc2c1. The predicted octanol–water partition coefficient (Wildman–Crippen LogP) is 4.95. The van der Waals surface area contributed by atoms with Gasteiger partial charge in [0.2, 0.25) is 0 Å². The Bertz CT molecular complexity index is 982. The zero-order valence-corrected chi connectivity index (χ0v) is 15.2. The van der Waals surface area contributed by atoms with E-state index in [-0.39, 0.29) is 12.5 Å². The summed E-state index contributed by atoms with van der Waals surface area (Å²) in [5.74, 6) is -0.152. The maximum Gasteiger partial charge on any atom is 0.307 e. The lowest BCUT2D eigenvalue weighted by molar-refractivity contribution is -0.136. The number of carboxylic acids is 1. The van der Waals surface area contributed by atoms with Crippen LogP contribution in [0.5, 0.6) is 5.75 Å². The molecule has 4 rings (SSSR count). The van der Waals surface area contributed by atoms with Gasteiger partial charge in [-0.05, 0) is 48.9 Å². The molecule has 6 heteroatoms. The van der Waals surface area contributed by atoms with E-state index in [0.29, 0.717) is 10.8 Å². The van der Waals surface area contributed by atoms with Crippen molar-refractivity contribution in [2.75, 3.05) is 0 Å². The van der Waals surface area contributed by atoms with Crippen molar-refractivity contribution in [1.82, 2.24) is 4.98 Å². The van der Waals surface area contributed by atoms with Gasteiger partial charge in [0.05, 0.1) is 11.4 Å². The van der Waals surface area contributed by atoms with Gasteiger partial charge in [-0.3, -0.25) is 9.78 Å². The van der Waals surface area contributed by atoms with Crippen LogP contribution in [0.25, 0.3) is 10.1 Å². The zero-order chi connectivity index (χ0) is 17.6. The first-order valence-corrected chi connectivity index (χ1v) is 9.31. The summed E-state index contributed by atoms with van der Waals surface area (Å²) in [6.07, 6.45) is 1.77. The minimum absolute atomic E-state index is 0.0185. The van der Waals surface area contributed by atoms with Crippen molar-refractivity contribution in [2.45, 2.75) is 32.3 Å². The molecule has 4 nitrogen and oxygen atoms in total. The normalized spacial score (nSPS) is 16.2. The summed E-state index contributed by atoms with van der Waals surface area (Å²) in [4.78, 5) is 15.6. The quantitative estimate of drug-likeness (QED) is 0.702. The van der Waals surface area contributed by atoms with Crippen molar-refractivity contribution >= 4 is 39.0 Å². The lowest BCUT2D eigenvalue weighted by atomic mass is 10.1. The van der Waals surface area contributed by atoms with Crippen molar-refractivity contribution < 1.29 is 14.6 Å². The number of ether oxygens (including phenoxy) is 1. The van der Waals surface area contributed by atoms with Gasteiger partial charge in [0, 0.05) is 27.0 Å². The highest BCUT2D eigenvalue weighted by Gasteiger charge is 2.25. The summed E-state index contributed by atoms with van der Waals surface area (Å²) in [5, 5.41) is 12.2. The molecular formula is C19H16ClNO3S. The van der Waals surface area contributed by atoms with Crippen LogP contribution in [0, 0.1) is 6.92 Å². The van der Waals surface area contributed by atoms with E-state index in [4.69, 9.17) is 21.4 Å². The first kappa shape index (κ1) is 16.4. The van der Waals surface area contributed by atoms with Crippen LogP contribution in [0.2, 0.25) is 5.02 Å². The minimum Gasteiger partial charge on any atom is -0.486 e. The Hall–Kier alpha value is -2.11. The number of rotatable bonds is 4. The van der Waals surface area contributed by atoms with Crippen LogP contribution in [0.15, 0.2) is 29.6 Å². The Morgan fingerprint density at radius 1 is 1.44 bits per heavy atom. The van der Waals surface area contributed by atoms with E-state index < -0.39 is 5.97 Å². The van der Waals surface area contributed by atoms with E-state index in [0.717, 1.165) is 45.4 Å². The summed E-state index contributed by atoms with van der Waals surface area (Å²) < 4.78 is 7.13. The molecule has 1 unspecified atom stereocenters. The Labute approximate surface area is 154 Å². The number of halogens is 1. The van der Waals surface area contributed by atoms with Gasteiger partial charge in [-0.2, -0.15) is 0 Å². The van der Waals surface area contributed by atoms with Gasteiger partial charge in [-0.15, -0.1) is 11.3 Å². The van der Waals surface area contributed by atoms with Gasteiger partial charge in [0.1, 0.15) is 11.9 Å². The largest absolute Gasteiger partial charge is 0.486 e. The lowest BCUT2D eigenvalue weighted by Crippen LogP contribution is -2.04. The molecule has 25 heavy (non-hydrogen) atoms. The van der Waals surface area contributed by atoms with Crippen molar-refractivity contribution in [3.63, 3.8) is 0 Å². The molecule has 3 aromatic rings. The summed E-state index contributed by atoms with van der Waals surface area (Å²) in [7, 11) is 0. The fourth-order valence-corrected chi connectivity index (χ4v) is 4.74. The Morgan fingerprint density at radius 2 is 2.28 bits per heavy atom. The zero-order valence-electron chi connectivity index (χ0n) is 13.6. The Kier molecular flexibility index (Phi) is 4.13. The highest BCUT2D eigenvalue weighted by molar-refractivity contribution is 7.17. The van der Waals surface area contributed by atoms with E-state index >= 15 is 0 Å². The third-order valence-electron chi connectivity index (χ3n) is 4.44. The maximum absolute atomic E-state index is 11.0. The fraction of sp³-hybridized carbons (Fsp3) is 0.263. The number of hydrogen-bond donors (Lipinski definition) is 1. The Balaban J connectivity index is 1.64. The molecule has 0 aliphatic heterocycles. The number of aryl methyl sites for hydroxylation is 2. The molecule has 1 N–H and O–H groups in total. The van der Waals surface area contributed by atoms with Crippen molar-refractivity contribution in [2.24, 2.45) is 0 Å². The minimum atomic E-state index is -0.860. The fourth-order valence-electron chi connectivity index (χ4n) is 3.34. The van der Waals surface area contributed by atoms with E-state index in [1.54, 1.807) is 6.07 Å². The average molecular weight is 374 g/mol. The second-order valence-electron chi connectivity index (χ2n) is 6.24. The molecule has 0 spiro atoms. The third-order valence-corrected chi connectivity index (χ3v) is 5.71. The number of carbonyl (C=O) groups is 1. The summed E-state index contributed by atoms with van der Waals surface area (Å²) in [6, 6.07) is 7.82. The van der Waals surface area contributed by atoms with Crippen LogP contribution >= 0.6 is 22.9 Å². The molecule has 0 amide bonds. The summed E-state index contributed by atoms with van der Waals surface area (Å²) >= 11 is 7.91. The Morgan fingerprint density at radius 3 is 3.08 bits per heavy atom. The van der Waals surface area contributed by atoms with Crippen LogP contribution in [0.1, 0.15) is 35.0 Å². The van der Waals surface area contributed by atoms with Crippen LogP contribution in [-0.2, 0) is 17.6 Å². The van der Waals surface area contributed by atoms with E-state index in [1.165, 1.54) is 11.3 Å². The lowest BCUT2D eigenvalue weighted by Gasteiger charge is -2.15. The van der Waals surface area contributed by atoms with E-state index in [1.807, 2.05) is 24.4 Å². The highest BCUT2D eigenvalue weighted by Crippen LogP contribution is 2.39. The topological polar surface area (TPSA) is 59.4 Å². The molecule has 2 heterocycles. The molecule has 1 aliphatic carbocycles. The number of pyridine rings is 1. The van der Waals surface area contributed by atoms with Gasteiger partial charge in [-0.25, -0.2) is 0 Å². The molecule has 128 valence electrons. The third kappa shape index (κ3) is 3.10. The summed E-state index contributed by atoms with van der Waals surface area (Å²) in [5.41, 5.74) is 4.01. The smallest absolute Gasteiger partial charge is 0.307 e. The second kappa shape index (κ2) is 6.32. The molecule has 0 saturated carbocycles. The van der Waals surface area contributed by atoms with Gasteiger partial charge in [0.15, 0.2) is 0 Å².